The zero-order valence-corrected chi connectivity index (χ0v) is 14.2. The second-order valence-corrected chi connectivity index (χ2v) is 7.77. The molecule has 120 valence electrons. The van der Waals surface area contributed by atoms with E-state index in [2.05, 4.69) is 4.98 Å². The van der Waals surface area contributed by atoms with Crippen LogP contribution in [0.4, 0.5) is 0 Å². The third kappa shape index (κ3) is 3.21. The van der Waals surface area contributed by atoms with E-state index in [0.29, 0.717) is 24.4 Å². The number of pyridine rings is 1. The molecule has 23 heavy (non-hydrogen) atoms. The minimum absolute atomic E-state index is 0.374. The smallest absolute Gasteiger partial charge is 0.243 e. The van der Waals surface area contributed by atoms with Gasteiger partial charge in [0, 0.05) is 25.5 Å². The van der Waals surface area contributed by atoms with Gasteiger partial charge < -0.3 is 0 Å². The van der Waals surface area contributed by atoms with E-state index in [1.54, 1.807) is 18.3 Å². The Kier molecular flexibility index (Phi) is 4.33. The SMILES string of the molecule is Cc1ccc(S(=O)(=O)N2CC=C(c3cccnc3)CC2)cc1C. The Labute approximate surface area is 137 Å². The molecule has 0 spiro atoms. The van der Waals surface area contributed by atoms with Gasteiger partial charge in [-0.2, -0.15) is 4.31 Å². The number of nitrogens with zero attached hydrogens (tertiary/aromatic N) is 2. The van der Waals surface area contributed by atoms with E-state index in [4.69, 9.17) is 0 Å². The monoisotopic (exact) mass is 328 g/mol. The Bertz CT molecular complexity index is 843. The van der Waals surface area contributed by atoms with Gasteiger partial charge in [-0.3, -0.25) is 4.98 Å². The highest BCUT2D eigenvalue weighted by Crippen LogP contribution is 2.26. The molecule has 1 aromatic carbocycles. The van der Waals surface area contributed by atoms with Crippen LogP contribution in [0.5, 0.6) is 0 Å². The third-order valence-corrected chi connectivity index (χ3v) is 6.18. The quantitative estimate of drug-likeness (QED) is 0.869. The van der Waals surface area contributed by atoms with Crippen LogP contribution >= 0.6 is 0 Å². The Hall–Kier alpha value is -1.98. The molecule has 0 radical (unpaired) electrons. The zero-order chi connectivity index (χ0) is 16.4. The second kappa shape index (κ2) is 6.26. The first-order chi connectivity index (χ1) is 11.0. The molecule has 5 heteroatoms. The third-order valence-electron chi connectivity index (χ3n) is 4.32. The first-order valence-corrected chi connectivity index (χ1v) is 9.09. The maximum atomic E-state index is 12.8. The summed E-state index contributed by atoms with van der Waals surface area (Å²) in [4.78, 5) is 4.49. The summed E-state index contributed by atoms with van der Waals surface area (Å²) < 4.78 is 27.1. The summed E-state index contributed by atoms with van der Waals surface area (Å²) in [7, 11) is -3.43. The van der Waals surface area contributed by atoms with Gasteiger partial charge in [-0.1, -0.05) is 18.2 Å². The number of aromatic nitrogens is 1. The second-order valence-electron chi connectivity index (χ2n) is 5.83. The molecule has 0 amide bonds. The summed E-state index contributed by atoms with van der Waals surface area (Å²) in [5, 5.41) is 0. The number of sulfonamides is 1. The Morgan fingerprint density at radius 1 is 1.13 bits per heavy atom. The van der Waals surface area contributed by atoms with Gasteiger partial charge in [-0.25, -0.2) is 8.42 Å². The minimum Gasteiger partial charge on any atom is -0.264 e. The van der Waals surface area contributed by atoms with Crippen molar-refractivity contribution in [2.45, 2.75) is 25.2 Å². The van der Waals surface area contributed by atoms with E-state index in [-0.39, 0.29) is 0 Å². The van der Waals surface area contributed by atoms with Crippen LogP contribution in [0.3, 0.4) is 0 Å². The lowest BCUT2D eigenvalue weighted by atomic mass is 10.0. The van der Waals surface area contributed by atoms with Crippen LogP contribution in [0.25, 0.3) is 5.57 Å². The fourth-order valence-corrected chi connectivity index (χ4v) is 4.17. The van der Waals surface area contributed by atoms with Crippen LogP contribution in [0.2, 0.25) is 0 Å². The van der Waals surface area contributed by atoms with Crippen molar-refractivity contribution in [2.75, 3.05) is 13.1 Å². The van der Waals surface area contributed by atoms with Gasteiger partial charge in [0.25, 0.3) is 0 Å². The Morgan fingerprint density at radius 2 is 1.96 bits per heavy atom. The largest absolute Gasteiger partial charge is 0.264 e. The van der Waals surface area contributed by atoms with E-state index in [0.717, 1.165) is 22.3 Å². The standard InChI is InChI=1S/C18H20N2O2S/c1-14-5-6-18(12-15(14)2)23(21,22)20-10-7-16(8-11-20)17-4-3-9-19-13-17/h3-7,9,12-13H,8,10-11H2,1-2H3. The number of rotatable bonds is 3. The van der Waals surface area contributed by atoms with Gasteiger partial charge in [-0.15, -0.1) is 0 Å². The van der Waals surface area contributed by atoms with Gasteiger partial charge in [0.15, 0.2) is 0 Å². The topological polar surface area (TPSA) is 50.3 Å². The molecule has 0 saturated carbocycles. The van der Waals surface area contributed by atoms with Gasteiger partial charge in [0.05, 0.1) is 4.90 Å². The molecule has 2 aromatic rings. The molecule has 0 saturated heterocycles. The van der Waals surface area contributed by atoms with Crippen LogP contribution in [0, 0.1) is 13.8 Å². The number of hydrogen-bond donors (Lipinski definition) is 0. The molecule has 0 fully saturated rings. The molecule has 0 unspecified atom stereocenters. The summed E-state index contributed by atoms with van der Waals surface area (Å²) in [6, 6.07) is 9.22. The molecule has 1 aliphatic heterocycles. The number of hydrogen-bond acceptors (Lipinski definition) is 3. The Morgan fingerprint density at radius 3 is 2.57 bits per heavy atom. The van der Waals surface area contributed by atoms with Gasteiger partial charge in [0.1, 0.15) is 0 Å². The van der Waals surface area contributed by atoms with Gasteiger partial charge in [0.2, 0.25) is 10.0 Å². The lowest BCUT2D eigenvalue weighted by Crippen LogP contribution is -2.34. The highest BCUT2D eigenvalue weighted by atomic mass is 32.2. The molecular formula is C18H20N2O2S. The molecular weight excluding hydrogens is 308 g/mol. The molecule has 0 atom stereocenters. The first kappa shape index (κ1) is 15.9. The van der Waals surface area contributed by atoms with E-state index in [1.165, 1.54) is 4.31 Å². The molecule has 2 heterocycles. The van der Waals surface area contributed by atoms with E-state index < -0.39 is 10.0 Å². The summed E-state index contributed by atoms with van der Waals surface area (Å²) in [5.41, 5.74) is 4.32. The van der Waals surface area contributed by atoms with Crippen LogP contribution in [0.1, 0.15) is 23.1 Å². The lowest BCUT2D eigenvalue weighted by Gasteiger charge is -2.26. The maximum Gasteiger partial charge on any atom is 0.243 e. The Balaban J connectivity index is 1.83. The average Bonchev–Trinajstić information content (AvgIpc) is 2.58. The van der Waals surface area contributed by atoms with Crippen LogP contribution in [-0.2, 0) is 10.0 Å². The van der Waals surface area contributed by atoms with E-state index >= 15 is 0 Å². The fourth-order valence-electron chi connectivity index (χ4n) is 2.71. The summed E-state index contributed by atoms with van der Waals surface area (Å²) in [6.07, 6.45) is 6.25. The molecule has 0 aliphatic carbocycles. The van der Waals surface area contributed by atoms with Crippen molar-refractivity contribution < 1.29 is 8.42 Å². The highest BCUT2D eigenvalue weighted by Gasteiger charge is 2.26. The van der Waals surface area contributed by atoms with E-state index in [9.17, 15) is 8.42 Å². The molecule has 4 nitrogen and oxygen atoms in total. The van der Waals surface area contributed by atoms with Crippen molar-refractivity contribution in [3.63, 3.8) is 0 Å². The van der Waals surface area contributed by atoms with Crippen molar-refractivity contribution >= 4 is 15.6 Å². The van der Waals surface area contributed by atoms with Crippen molar-refractivity contribution in [1.82, 2.24) is 9.29 Å². The normalized spacial score (nSPS) is 16.2. The molecule has 1 aromatic heterocycles. The first-order valence-electron chi connectivity index (χ1n) is 7.65. The van der Waals surface area contributed by atoms with Crippen LogP contribution in [0.15, 0.2) is 53.7 Å². The molecule has 3 rings (SSSR count). The van der Waals surface area contributed by atoms with Crippen molar-refractivity contribution in [2.24, 2.45) is 0 Å². The van der Waals surface area contributed by atoms with Crippen molar-refractivity contribution in [1.29, 1.82) is 0 Å². The number of benzene rings is 1. The fraction of sp³-hybridized carbons (Fsp3) is 0.278. The van der Waals surface area contributed by atoms with Crippen molar-refractivity contribution in [3.05, 3.63) is 65.5 Å². The predicted molar refractivity (Wildman–Crippen MR) is 91.5 cm³/mol. The zero-order valence-electron chi connectivity index (χ0n) is 13.4. The van der Waals surface area contributed by atoms with Crippen LogP contribution < -0.4 is 0 Å². The lowest BCUT2D eigenvalue weighted by molar-refractivity contribution is 0.441. The van der Waals surface area contributed by atoms with Gasteiger partial charge >= 0.3 is 0 Å². The summed E-state index contributed by atoms with van der Waals surface area (Å²) >= 11 is 0. The number of aryl methyl sites for hydroxylation is 2. The van der Waals surface area contributed by atoms with Crippen LogP contribution in [-0.4, -0.2) is 30.8 Å². The molecule has 0 N–H and O–H groups in total. The summed E-state index contributed by atoms with van der Waals surface area (Å²) in [5.74, 6) is 0. The predicted octanol–water partition coefficient (Wildman–Crippen LogP) is 3.18. The molecule has 0 bridgehead atoms. The highest BCUT2D eigenvalue weighted by molar-refractivity contribution is 7.89. The maximum absolute atomic E-state index is 12.8. The average molecular weight is 328 g/mol. The van der Waals surface area contributed by atoms with Crippen molar-refractivity contribution in [3.8, 4) is 0 Å². The van der Waals surface area contributed by atoms with Gasteiger partial charge in [-0.05, 0) is 60.7 Å². The molecule has 1 aliphatic rings. The van der Waals surface area contributed by atoms with E-state index in [1.807, 2.05) is 44.3 Å². The summed E-state index contributed by atoms with van der Waals surface area (Å²) in [6.45, 7) is 4.82. The minimum atomic E-state index is -3.43.